The largest absolute Gasteiger partial charge is 0.485 e. The van der Waals surface area contributed by atoms with Gasteiger partial charge in [0.05, 0.1) is 30.8 Å². The fourth-order valence-electron chi connectivity index (χ4n) is 5.03. The van der Waals surface area contributed by atoms with Gasteiger partial charge >= 0.3 is 5.97 Å². The highest BCUT2D eigenvalue weighted by atomic mass is 19.1. The van der Waals surface area contributed by atoms with Gasteiger partial charge in [-0.25, -0.2) is 9.18 Å². The Morgan fingerprint density at radius 2 is 1.92 bits per heavy atom. The Bertz CT molecular complexity index is 1530. The first-order valence-electron chi connectivity index (χ1n) is 12.0. The summed E-state index contributed by atoms with van der Waals surface area (Å²) in [5.41, 5.74) is 7.02. The van der Waals surface area contributed by atoms with E-state index in [9.17, 15) is 14.3 Å². The van der Waals surface area contributed by atoms with Gasteiger partial charge in [0.2, 0.25) is 0 Å². The molecule has 6 nitrogen and oxygen atoms in total. The van der Waals surface area contributed by atoms with E-state index in [0.717, 1.165) is 44.5 Å². The van der Waals surface area contributed by atoms with Crippen molar-refractivity contribution < 1.29 is 23.8 Å². The lowest BCUT2D eigenvalue weighted by molar-refractivity contribution is -0.0794. The molecule has 2 aliphatic heterocycles. The minimum absolute atomic E-state index is 0.0972. The number of fused-ring (bicyclic) bond motifs is 2. The number of hydrogen-bond donors (Lipinski definition) is 1. The molecule has 1 saturated heterocycles. The maximum absolute atomic E-state index is 13.8. The second kappa shape index (κ2) is 8.60. The van der Waals surface area contributed by atoms with Crippen molar-refractivity contribution in [1.29, 1.82) is 0 Å². The van der Waals surface area contributed by atoms with E-state index in [1.54, 1.807) is 24.3 Å². The summed E-state index contributed by atoms with van der Waals surface area (Å²) in [4.78, 5) is 16.2. The molecule has 0 aliphatic carbocycles. The van der Waals surface area contributed by atoms with E-state index in [-0.39, 0.29) is 23.4 Å². The highest BCUT2D eigenvalue weighted by molar-refractivity contribution is 6.04. The third-order valence-corrected chi connectivity index (χ3v) is 6.79. The van der Waals surface area contributed by atoms with Gasteiger partial charge < -0.3 is 19.1 Å². The fraction of sp³-hybridized carbons (Fsp3) is 0.241. The van der Waals surface area contributed by atoms with Gasteiger partial charge in [0.15, 0.2) is 0 Å². The van der Waals surface area contributed by atoms with Crippen LogP contribution < -0.4 is 4.74 Å². The summed E-state index contributed by atoms with van der Waals surface area (Å²) in [7, 11) is 0. The predicted octanol–water partition coefficient (Wildman–Crippen LogP) is 5.97. The van der Waals surface area contributed by atoms with Crippen LogP contribution in [0.15, 0.2) is 59.6 Å². The van der Waals surface area contributed by atoms with Gasteiger partial charge in [-0.3, -0.25) is 4.99 Å². The molecule has 0 radical (unpaired) electrons. The molecule has 1 fully saturated rings. The van der Waals surface area contributed by atoms with Crippen LogP contribution in [-0.4, -0.2) is 41.2 Å². The molecule has 0 atom stereocenters. The molecule has 0 amide bonds. The van der Waals surface area contributed by atoms with Crippen molar-refractivity contribution in [2.24, 2.45) is 4.99 Å². The third-order valence-electron chi connectivity index (χ3n) is 6.79. The second-order valence-corrected chi connectivity index (χ2v) is 9.56. The van der Waals surface area contributed by atoms with Gasteiger partial charge in [0.25, 0.3) is 0 Å². The molecular formula is C29H25FN2O4. The zero-order valence-corrected chi connectivity index (χ0v) is 20.0. The Hall–Kier alpha value is -3.97. The van der Waals surface area contributed by atoms with Gasteiger partial charge in [-0.05, 0) is 71.6 Å². The third kappa shape index (κ3) is 3.67. The van der Waals surface area contributed by atoms with Crippen LogP contribution >= 0.6 is 0 Å². The zero-order valence-electron chi connectivity index (χ0n) is 20.0. The van der Waals surface area contributed by atoms with Crippen molar-refractivity contribution in [2.45, 2.75) is 32.4 Å². The highest BCUT2D eigenvalue weighted by Gasteiger charge is 2.28. The normalized spacial score (nSPS) is 14.9. The average molecular weight is 485 g/mol. The number of aliphatic imine (C=N–C) groups is 1. The molecule has 0 unspecified atom stereocenters. The number of halogens is 1. The van der Waals surface area contributed by atoms with Gasteiger partial charge in [-0.1, -0.05) is 13.8 Å². The van der Waals surface area contributed by atoms with E-state index in [4.69, 9.17) is 9.47 Å². The average Bonchev–Trinajstić information content (AvgIpc) is 3.42. The van der Waals surface area contributed by atoms with E-state index in [1.165, 1.54) is 12.1 Å². The molecule has 2 aliphatic rings. The maximum atomic E-state index is 13.8. The number of carboxylic acid groups (broad SMARTS) is 1. The van der Waals surface area contributed by atoms with Crippen LogP contribution in [0.3, 0.4) is 0 Å². The number of aromatic carboxylic acids is 1. The first-order valence-corrected chi connectivity index (χ1v) is 12.0. The monoisotopic (exact) mass is 484 g/mol. The van der Waals surface area contributed by atoms with Crippen LogP contribution in [0.4, 0.5) is 4.39 Å². The summed E-state index contributed by atoms with van der Waals surface area (Å²) in [5.74, 6) is -0.693. The molecule has 4 aromatic rings. The minimum atomic E-state index is -1.01. The van der Waals surface area contributed by atoms with Crippen LogP contribution in [-0.2, 0) is 11.3 Å². The van der Waals surface area contributed by atoms with Crippen LogP contribution in [0.2, 0.25) is 0 Å². The number of benzene rings is 3. The molecule has 3 heterocycles. The molecule has 3 aromatic carbocycles. The number of rotatable bonds is 6. The van der Waals surface area contributed by atoms with E-state index < -0.39 is 5.97 Å². The first-order chi connectivity index (χ1) is 17.4. The maximum Gasteiger partial charge on any atom is 0.335 e. The summed E-state index contributed by atoms with van der Waals surface area (Å²) >= 11 is 0. The van der Waals surface area contributed by atoms with Crippen molar-refractivity contribution in [3.05, 3.63) is 82.8 Å². The Labute approximate surface area is 207 Å². The number of ether oxygens (including phenoxy) is 2. The zero-order chi connectivity index (χ0) is 25.0. The number of aromatic nitrogens is 1. The van der Waals surface area contributed by atoms with E-state index >= 15 is 0 Å². The van der Waals surface area contributed by atoms with Crippen LogP contribution in [0, 0.1) is 5.82 Å². The molecule has 0 bridgehead atoms. The van der Waals surface area contributed by atoms with Crippen molar-refractivity contribution in [3.8, 4) is 22.6 Å². The van der Waals surface area contributed by atoms with E-state index in [2.05, 4.69) is 35.5 Å². The second-order valence-electron chi connectivity index (χ2n) is 9.56. The number of carboxylic acids is 1. The Kier molecular flexibility index (Phi) is 5.38. The lowest BCUT2D eigenvalue weighted by Crippen LogP contribution is -2.38. The van der Waals surface area contributed by atoms with Crippen molar-refractivity contribution in [3.63, 3.8) is 0 Å². The Balaban J connectivity index is 1.68. The van der Waals surface area contributed by atoms with Crippen molar-refractivity contribution in [2.75, 3.05) is 13.2 Å². The molecule has 6 rings (SSSR count). The SMILES string of the molecule is CC(C)c1c(-c2ccc(C(=O)O)cc2OC2COC2)c2cc3c(cc2n1-c1ccc(F)cc1)C=NC3. The quantitative estimate of drug-likeness (QED) is 0.366. The first kappa shape index (κ1) is 22.5. The van der Waals surface area contributed by atoms with Gasteiger partial charge in [-0.15, -0.1) is 0 Å². The summed E-state index contributed by atoms with van der Waals surface area (Å²) < 4.78 is 27.6. The molecular weight excluding hydrogens is 459 g/mol. The number of nitrogens with zero attached hydrogens (tertiary/aromatic N) is 2. The van der Waals surface area contributed by atoms with E-state index in [1.807, 2.05) is 12.3 Å². The lowest BCUT2D eigenvalue weighted by Gasteiger charge is -2.28. The topological polar surface area (TPSA) is 73.1 Å². The lowest BCUT2D eigenvalue weighted by atomic mass is 9.94. The van der Waals surface area contributed by atoms with Gasteiger partial charge in [-0.2, -0.15) is 0 Å². The number of carbonyl (C=O) groups is 1. The smallest absolute Gasteiger partial charge is 0.335 e. The van der Waals surface area contributed by atoms with Gasteiger partial charge in [0.1, 0.15) is 17.7 Å². The molecule has 36 heavy (non-hydrogen) atoms. The highest BCUT2D eigenvalue weighted by Crippen LogP contribution is 2.45. The van der Waals surface area contributed by atoms with Crippen LogP contribution in [0.25, 0.3) is 27.7 Å². The molecule has 1 aromatic heterocycles. The Morgan fingerprint density at radius 1 is 1.14 bits per heavy atom. The molecule has 1 N–H and O–H groups in total. The molecule has 182 valence electrons. The summed E-state index contributed by atoms with van der Waals surface area (Å²) in [5, 5.41) is 10.7. The summed E-state index contributed by atoms with van der Waals surface area (Å²) in [6, 6.07) is 15.8. The summed E-state index contributed by atoms with van der Waals surface area (Å²) in [6.07, 6.45) is 1.76. The molecule has 0 spiro atoms. The standard InChI is InChI=1S/C29H25FN2O4/c1-16(2)28-27(23-8-3-17(29(33)34)11-26(23)36-22-14-35-15-22)24-9-18-12-31-13-19(18)10-25(24)32(28)21-6-4-20(30)5-7-21/h3-11,13,16,22H,12,14-15H2,1-2H3,(H,33,34). The fourth-order valence-corrected chi connectivity index (χ4v) is 5.03. The predicted molar refractivity (Wildman–Crippen MR) is 136 cm³/mol. The minimum Gasteiger partial charge on any atom is -0.485 e. The van der Waals surface area contributed by atoms with Crippen LogP contribution in [0.1, 0.15) is 46.9 Å². The van der Waals surface area contributed by atoms with Crippen molar-refractivity contribution >= 4 is 23.1 Å². The van der Waals surface area contributed by atoms with Crippen LogP contribution in [0.5, 0.6) is 5.75 Å². The molecule has 0 saturated carbocycles. The Morgan fingerprint density at radius 3 is 2.58 bits per heavy atom. The number of hydrogen-bond acceptors (Lipinski definition) is 4. The van der Waals surface area contributed by atoms with Gasteiger partial charge in [0, 0.05) is 34.1 Å². The molecule has 7 heteroatoms. The van der Waals surface area contributed by atoms with Crippen molar-refractivity contribution in [1.82, 2.24) is 4.57 Å². The summed E-state index contributed by atoms with van der Waals surface area (Å²) in [6.45, 7) is 5.80. The van der Waals surface area contributed by atoms with E-state index in [0.29, 0.717) is 25.5 Å².